The number of phenolic OH excluding ortho intramolecular Hbond substituents is 2. The minimum atomic E-state index is -2.01. The quantitative estimate of drug-likeness (QED) is 0.0627. The Morgan fingerprint density at radius 1 is 0.950 bits per heavy atom. The van der Waals surface area contributed by atoms with Crippen molar-refractivity contribution in [3.05, 3.63) is 58.0 Å². The number of aromatic hydroxyl groups is 2. The Labute approximate surface area is 470 Å². The molecular formula is C58H79N7O14S. The van der Waals surface area contributed by atoms with Gasteiger partial charge in [-0.2, -0.15) is 11.8 Å². The van der Waals surface area contributed by atoms with Gasteiger partial charge in [0.1, 0.15) is 46.6 Å². The first kappa shape index (κ1) is 59.9. The Balaban J connectivity index is 1.13. The summed E-state index contributed by atoms with van der Waals surface area (Å²) in [6.07, 6.45) is 6.83. The van der Waals surface area contributed by atoms with Crippen molar-refractivity contribution in [3.8, 4) is 17.2 Å². The number of benzene rings is 2. The first-order valence-electron chi connectivity index (χ1n) is 27.9. The van der Waals surface area contributed by atoms with E-state index in [1.165, 1.54) is 53.2 Å². The number of anilines is 1. The molecule has 7 aliphatic rings. The molecule has 80 heavy (non-hydrogen) atoms. The zero-order valence-electron chi connectivity index (χ0n) is 47.7. The van der Waals surface area contributed by atoms with Crippen LogP contribution >= 0.6 is 11.8 Å². The molecule has 2 aromatic rings. The average molecular weight is 1130 g/mol. The normalized spacial score (nSPS) is 31.8. The molecule has 3 fully saturated rings. The number of unbranched alkanes of at least 4 members (excludes halogenated alkanes) is 1. The number of thioether (sulfide) groups is 1. The second kappa shape index (κ2) is 24.5. The number of rotatable bonds is 12. The number of phenols is 2. The number of aliphatic hydroxyl groups excluding tert-OH is 1. The van der Waals surface area contributed by atoms with E-state index in [4.69, 9.17) is 28.7 Å². The van der Waals surface area contributed by atoms with Crippen molar-refractivity contribution in [1.29, 1.82) is 0 Å². The summed E-state index contributed by atoms with van der Waals surface area (Å²) in [5.41, 5.74) is -0.338. The van der Waals surface area contributed by atoms with Crippen LogP contribution in [-0.2, 0) is 38.1 Å². The average Bonchev–Trinajstić information content (AvgIpc) is 4.16. The maximum atomic E-state index is 14.9. The van der Waals surface area contributed by atoms with E-state index in [1.807, 2.05) is 0 Å². The maximum Gasteiger partial charge on any atom is 0.325 e. The molecule has 5 bridgehead atoms. The number of esters is 2. The summed E-state index contributed by atoms with van der Waals surface area (Å²) in [7, 11) is 1.44. The third kappa shape index (κ3) is 12.3. The molecule has 0 aromatic heterocycles. The minimum Gasteiger partial charge on any atom is -0.507 e. The number of carbonyl (C=O) groups is 6. The number of ether oxygens (including phenoxy) is 5. The summed E-state index contributed by atoms with van der Waals surface area (Å²) in [5, 5.41) is 48.9. The molecule has 22 heteroatoms. The van der Waals surface area contributed by atoms with Crippen LogP contribution in [0, 0.1) is 36.5 Å². The van der Waals surface area contributed by atoms with E-state index in [0.717, 1.165) is 25.1 Å². The highest BCUT2D eigenvalue weighted by Crippen LogP contribution is 2.51. The van der Waals surface area contributed by atoms with Crippen LogP contribution in [-0.4, -0.2) is 148 Å². The van der Waals surface area contributed by atoms with E-state index in [2.05, 4.69) is 45.0 Å². The van der Waals surface area contributed by atoms with Crippen molar-refractivity contribution < 1.29 is 67.8 Å². The van der Waals surface area contributed by atoms with Gasteiger partial charge in [-0.1, -0.05) is 66.2 Å². The van der Waals surface area contributed by atoms with E-state index < -0.39 is 101 Å². The maximum absolute atomic E-state index is 14.9. The van der Waals surface area contributed by atoms with Gasteiger partial charge in [0.2, 0.25) is 5.91 Å². The number of piperidine rings is 1. The van der Waals surface area contributed by atoms with Crippen molar-refractivity contribution in [2.24, 2.45) is 39.6 Å². The summed E-state index contributed by atoms with van der Waals surface area (Å²) in [5.74, 6) is -7.74. The van der Waals surface area contributed by atoms with Crippen molar-refractivity contribution in [3.63, 3.8) is 0 Å². The van der Waals surface area contributed by atoms with Crippen LogP contribution in [0.3, 0.4) is 0 Å². The number of nitrogens with one attached hydrogen (secondary N) is 4. The Morgan fingerprint density at radius 2 is 1.66 bits per heavy atom. The Bertz CT molecular complexity index is 2990. The summed E-state index contributed by atoms with van der Waals surface area (Å²) in [6, 6.07) is 0.0173. The van der Waals surface area contributed by atoms with Gasteiger partial charge < -0.3 is 65.2 Å². The third-order valence-corrected chi connectivity index (χ3v) is 18.2. The van der Waals surface area contributed by atoms with Crippen LogP contribution in [0.4, 0.5) is 10.5 Å². The molecule has 9 rings (SSSR count). The van der Waals surface area contributed by atoms with Crippen molar-refractivity contribution in [2.75, 3.05) is 44.4 Å². The fraction of sp³-hybridized carbons (Fsp3) is 0.621. The van der Waals surface area contributed by atoms with Crippen LogP contribution in [0.5, 0.6) is 17.2 Å². The molecule has 21 nitrogen and oxygen atoms in total. The fourth-order valence-corrected chi connectivity index (χ4v) is 13.7. The van der Waals surface area contributed by atoms with Crippen molar-refractivity contribution >= 4 is 63.8 Å². The molecule has 0 radical (unpaired) electrons. The lowest BCUT2D eigenvalue weighted by Gasteiger charge is -2.39. The van der Waals surface area contributed by atoms with Crippen LogP contribution in [0.15, 0.2) is 46.1 Å². The number of hydrogen-bond acceptors (Lipinski definition) is 18. The predicted octanol–water partition coefficient (Wildman–Crippen LogP) is 5.14. The van der Waals surface area contributed by atoms with Gasteiger partial charge in [0, 0.05) is 111 Å². The van der Waals surface area contributed by atoms with Crippen LogP contribution < -0.4 is 36.7 Å². The van der Waals surface area contributed by atoms with Crippen LogP contribution in [0.25, 0.3) is 10.8 Å². The van der Waals surface area contributed by atoms with Gasteiger partial charge in [0.05, 0.1) is 47.2 Å². The molecule has 4 amide bonds. The van der Waals surface area contributed by atoms with Gasteiger partial charge in [0.25, 0.3) is 11.7 Å². The van der Waals surface area contributed by atoms with Crippen molar-refractivity contribution in [1.82, 2.24) is 20.9 Å². The van der Waals surface area contributed by atoms with Gasteiger partial charge in [-0.25, -0.2) is 9.79 Å². The number of aliphatic hydroxyl groups is 1. The number of hydrogen-bond donors (Lipinski definition) is 7. The SMILES string of the molecule is CO[C@H]1/C=C/O[C@@]2(C)Oc3c(C)c(O)c4c(O)c(c5c(c4c3C2=O)NC2(CCN(CC(C)C)CC2)N=5)=NC(=O)/C(C)=C\C=C\[C@H](C)[C@H](OC(=O)CNC(=O)CCCCC2SCC3NC(=O)NC32)[C@@H](C)[C@@H](O)[C@@H](C)[C@H](OC(C)=O)[C@@H]1C. The highest BCUT2D eigenvalue weighted by molar-refractivity contribution is 8.00. The van der Waals surface area contributed by atoms with Gasteiger partial charge in [-0.15, -0.1) is 0 Å². The summed E-state index contributed by atoms with van der Waals surface area (Å²) in [6.45, 7) is 18.8. The molecular weight excluding hydrogens is 1050 g/mol. The summed E-state index contributed by atoms with van der Waals surface area (Å²) >= 11 is 1.80. The highest BCUT2D eigenvalue weighted by atomic mass is 32.2. The number of likely N-dealkylation sites (tertiary alicyclic amines) is 1. The number of carbonyl (C=O) groups excluding carboxylic acids is 6. The Hall–Kier alpha value is -6.23. The van der Waals surface area contributed by atoms with Gasteiger partial charge in [0.15, 0.2) is 5.75 Å². The molecule has 3 saturated heterocycles. The lowest BCUT2D eigenvalue weighted by atomic mass is 9.78. The minimum absolute atomic E-state index is 0.0222. The van der Waals surface area contributed by atoms with Gasteiger partial charge >= 0.3 is 23.8 Å². The first-order valence-corrected chi connectivity index (χ1v) is 29.0. The third-order valence-electron chi connectivity index (χ3n) is 16.7. The molecule has 2 aromatic carbocycles. The largest absolute Gasteiger partial charge is 0.507 e. The molecule has 0 saturated carbocycles. The van der Waals surface area contributed by atoms with E-state index in [1.54, 1.807) is 51.6 Å². The van der Waals surface area contributed by atoms with E-state index in [-0.39, 0.29) is 85.3 Å². The smallest absolute Gasteiger partial charge is 0.325 e. The number of amides is 4. The zero-order valence-corrected chi connectivity index (χ0v) is 48.5. The lowest BCUT2D eigenvalue weighted by Crippen LogP contribution is -2.48. The van der Waals surface area contributed by atoms with Crippen LogP contribution in [0.2, 0.25) is 0 Å². The lowest BCUT2D eigenvalue weighted by molar-refractivity contribution is -0.165. The number of fused-ring (bicyclic) bond motifs is 14. The molecule has 7 aliphatic heterocycles. The van der Waals surface area contributed by atoms with Gasteiger partial charge in [-0.3, -0.25) is 29.0 Å². The second-order valence-corrected chi connectivity index (χ2v) is 24.4. The molecule has 1 spiro atoms. The second-order valence-electron chi connectivity index (χ2n) is 23.1. The Kier molecular flexibility index (Phi) is 18.3. The number of ketones is 1. The molecule has 3 unspecified atom stereocenters. The molecule has 7 N–H and O–H groups in total. The number of allylic oxidation sites excluding steroid dienone is 2. The molecule has 436 valence electrons. The summed E-state index contributed by atoms with van der Waals surface area (Å²) in [4.78, 5) is 92.5. The first-order chi connectivity index (χ1) is 37.9. The van der Waals surface area contributed by atoms with Crippen molar-refractivity contribution in [2.45, 2.75) is 161 Å². The van der Waals surface area contributed by atoms with E-state index >= 15 is 0 Å². The molecule has 7 heterocycles. The molecule has 12 atom stereocenters. The number of Topliss-reactive ketones (excluding diaryl/α,β-unsaturated/α-hetero) is 1. The van der Waals surface area contributed by atoms with E-state index in [0.29, 0.717) is 38.3 Å². The fourth-order valence-electron chi connectivity index (χ4n) is 12.2. The van der Waals surface area contributed by atoms with Gasteiger partial charge in [-0.05, 0) is 38.7 Å². The summed E-state index contributed by atoms with van der Waals surface area (Å²) < 4.78 is 30.5. The Morgan fingerprint density at radius 3 is 2.35 bits per heavy atom. The predicted molar refractivity (Wildman–Crippen MR) is 299 cm³/mol. The highest BCUT2D eigenvalue weighted by Gasteiger charge is 2.51. The number of nitrogens with zero attached hydrogens (tertiary/aromatic N) is 3. The molecule has 0 aliphatic carbocycles. The standard InChI is InChI=1S/C58H79N7O14S/c1-28(2)26-65-22-20-58(21-23-65)63-45-41-42-49(70)34(8)53-43(41)54(72)57(10,79-53)76-24-19-37(75-11)31(5)52(77-35(9)66)33(7)48(69)32(6)51(29(3)15-14-16-30(4)55(73)61-47(50(42)71)46(45)64-58)78-40(68)25-59-39(67)18-13-12-17-38-44-36(27-80-38)60-56(74)62-44/h14-16,19,24,28-29,31-33,36-38,44,48,51-52,63,69-71H,12-13,17-18,20-23,25-27H2,1-11H3,(H,59,67)(H2,60,62,74)/b15-14+,24-19+,30-16-,61-47?/t29-,31+,32-,33+,36?,37-,38?,44?,48+,51-,52+,57-/m0/s1. The number of urea groups is 1. The monoisotopic (exact) mass is 1130 g/mol. The topological polar surface area (TPSA) is 285 Å². The zero-order chi connectivity index (χ0) is 58.1. The van der Waals surface area contributed by atoms with Crippen LogP contribution in [0.1, 0.15) is 117 Å². The number of methoxy groups -OCH3 is 1. The van der Waals surface area contributed by atoms with E-state index in [9.17, 15) is 44.1 Å².